The van der Waals surface area contributed by atoms with Crippen molar-refractivity contribution in [2.45, 2.75) is 6.92 Å². The van der Waals surface area contributed by atoms with Gasteiger partial charge in [-0.2, -0.15) is 15.0 Å². The van der Waals surface area contributed by atoms with Crippen molar-refractivity contribution < 1.29 is 0 Å². The molecule has 2 heterocycles. The molecule has 0 aliphatic rings. The van der Waals surface area contributed by atoms with E-state index in [4.69, 9.17) is 5.73 Å². The van der Waals surface area contributed by atoms with E-state index in [-0.39, 0.29) is 5.95 Å². The Bertz CT molecular complexity index is 509. The van der Waals surface area contributed by atoms with Crippen LogP contribution < -0.4 is 11.1 Å². The van der Waals surface area contributed by atoms with Gasteiger partial charge in [0.25, 0.3) is 0 Å². The summed E-state index contributed by atoms with van der Waals surface area (Å²) in [5.74, 6) is 1.11. The van der Waals surface area contributed by atoms with E-state index in [9.17, 15) is 0 Å². The highest BCUT2D eigenvalue weighted by molar-refractivity contribution is 5.34. The molecule has 0 amide bonds. The fraction of sp³-hybridized carbons (Fsp3) is 0.455. The van der Waals surface area contributed by atoms with Gasteiger partial charge in [0.2, 0.25) is 17.8 Å². The summed E-state index contributed by atoms with van der Waals surface area (Å²) in [4.78, 5) is 18.5. The van der Waals surface area contributed by atoms with Gasteiger partial charge in [0.15, 0.2) is 0 Å². The summed E-state index contributed by atoms with van der Waals surface area (Å²) in [5.41, 5.74) is 5.68. The van der Waals surface area contributed by atoms with Gasteiger partial charge in [0, 0.05) is 25.5 Å². The summed E-state index contributed by atoms with van der Waals surface area (Å²) >= 11 is 0. The third kappa shape index (κ3) is 3.62. The van der Waals surface area contributed by atoms with E-state index < -0.39 is 0 Å². The standard InChI is InChI=1S/C11H18N8/c1-3-18(2)6-5-14-10-15-9(12)16-11(17-10)19-7-4-13-8-19/h4,7-8H,3,5-6H2,1-2H3,(H3,12,14,15,16,17). The molecule has 0 atom stereocenters. The first-order valence-corrected chi connectivity index (χ1v) is 6.11. The molecule has 0 aliphatic carbocycles. The second kappa shape index (κ2) is 6.10. The lowest BCUT2D eigenvalue weighted by Crippen LogP contribution is -2.25. The normalized spacial score (nSPS) is 10.9. The van der Waals surface area contributed by atoms with Crippen LogP contribution >= 0.6 is 0 Å². The Kier molecular flexibility index (Phi) is 4.24. The summed E-state index contributed by atoms with van der Waals surface area (Å²) in [6, 6.07) is 0. The van der Waals surface area contributed by atoms with Crippen molar-refractivity contribution in [3.63, 3.8) is 0 Å². The number of rotatable bonds is 6. The van der Waals surface area contributed by atoms with Gasteiger partial charge < -0.3 is 16.0 Å². The van der Waals surface area contributed by atoms with Crippen LogP contribution in [-0.2, 0) is 0 Å². The summed E-state index contributed by atoms with van der Waals surface area (Å²) in [5, 5.41) is 3.14. The number of nitrogens with one attached hydrogen (secondary N) is 1. The molecule has 8 heteroatoms. The largest absolute Gasteiger partial charge is 0.368 e. The summed E-state index contributed by atoms with van der Waals surface area (Å²) < 4.78 is 1.68. The van der Waals surface area contributed by atoms with Gasteiger partial charge >= 0.3 is 0 Å². The zero-order valence-corrected chi connectivity index (χ0v) is 11.1. The van der Waals surface area contributed by atoms with Gasteiger partial charge in [0.05, 0.1) is 0 Å². The average Bonchev–Trinajstić information content (AvgIpc) is 2.91. The molecule has 0 spiro atoms. The smallest absolute Gasteiger partial charge is 0.241 e. The van der Waals surface area contributed by atoms with Crippen molar-refractivity contribution in [2.75, 3.05) is 37.7 Å². The molecule has 2 aromatic rings. The van der Waals surface area contributed by atoms with Crippen LogP contribution in [0.5, 0.6) is 0 Å². The molecular weight excluding hydrogens is 244 g/mol. The number of imidazole rings is 1. The third-order valence-electron chi connectivity index (χ3n) is 2.69. The first-order valence-electron chi connectivity index (χ1n) is 6.11. The lowest BCUT2D eigenvalue weighted by Gasteiger charge is -2.14. The molecule has 0 fully saturated rings. The second-order valence-corrected chi connectivity index (χ2v) is 4.11. The van der Waals surface area contributed by atoms with Gasteiger partial charge in [-0.3, -0.25) is 4.57 Å². The number of hydrogen-bond acceptors (Lipinski definition) is 7. The molecule has 0 saturated carbocycles. The molecule has 19 heavy (non-hydrogen) atoms. The minimum absolute atomic E-state index is 0.185. The quantitative estimate of drug-likeness (QED) is 0.756. The molecule has 0 saturated heterocycles. The maximum absolute atomic E-state index is 5.68. The Morgan fingerprint density at radius 3 is 2.89 bits per heavy atom. The minimum atomic E-state index is 0.185. The first kappa shape index (κ1) is 13.2. The molecule has 8 nitrogen and oxygen atoms in total. The maximum Gasteiger partial charge on any atom is 0.241 e. The molecule has 2 rings (SSSR count). The number of likely N-dealkylation sites (N-methyl/N-ethyl adjacent to an activating group) is 1. The Labute approximate surface area is 111 Å². The predicted molar refractivity (Wildman–Crippen MR) is 73.0 cm³/mol. The van der Waals surface area contributed by atoms with Gasteiger partial charge in [-0.25, -0.2) is 4.98 Å². The number of nitrogens with zero attached hydrogens (tertiary/aromatic N) is 6. The van der Waals surface area contributed by atoms with E-state index in [0.717, 1.165) is 19.6 Å². The minimum Gasteiger partial charge on any atom is -0.368 e. The lowest BCUT2D eigenvalue weighted by atomic mass is 10.5. The van der Waals surface area contributed by atoms with Crippen LogP contribution in [0.25, 0.3) is 5.95 Å². The zero-order valence-electron chi connectivity index (χ0n) is 11.1. The molecule has 0 bridgehead atoms. The van der Waals surface area contributed by atoms with E-state index in [1.54, 1.807) is 23.3 Å². The molecule has 2 aromatic heterocycles. The second-order valence-electron chi connectivity index (χ2n) is 4.11. The van der Waals surface area contributed by atoms with E-state index in [1.807, 2.05) is 0 Å². The van der Waals surface area contributed by atoms with Gasteiger partial charge in [-0.15, -0.1) is 0 Å². The van der Waals surface area contributed by atoms with Crippen LogP contribution in [0.2, 0.25) is 0 Å². The number of anilines is 2. The third-order valence-corrected chi connectivity index (χ3v) is 2.69. The van der Waals surface area contributed by atoms with Crippen molar-refractivity contribution in [2.24, 2.45) is 0 Å². The summed E-state index contributed by atoms with van der Waals surface area (Å²) in [6.07, 6.45) is 5.02. The Balaban J connectivity index is 2.05. The molecule has 0 unspecified atom stereocenters. The topological polar surface area (TPSA) is 97.8 Å². The van der Waals surface area contributed by atoms with E-state index in [0.29, 0.717) is 11.9 Å². The van der Waals surface area contributed by atoms with Crippen LogP contribution in [0.3, 0.4) is 0 Å². The highest BCUT2D eigenvalue weighted by Crippen LogP contribution is 2.06. The van der Waals surface area contributed by atoms with Crippen molar-refractivity contribution in [1.29, 1.82) is 0 Å². The van der Waals surface area contributed by atoms with Crippen molar-refractivity contribution in [3.05, 3.63) is 18.7 Å². The predicted octanol–water partition coefficient (Wildman–Crippen LogP) is 0.00310. The monoisotopic (exact) mass is 262 g/mol. The van der Waals surface area contributed by atoms with Crippen LogP contribution in [-0.4, -0.2) is 56.1 Å². The summed E-state index contributed by atoms with van der Waals surface area (Å²) in [6.45, 7) is 4.76. The highest BCUT2D eigenvalue weighted by Gasteiger charge is 2.05. The number of nitrogen functional groups attached to an aromatic ring is 1. The number of hydrogen-bond donors (Lipinski definition) is 2. The van der Waals surface area contributed by atoms with E-state index >= 15 is 0 Å². The SMILES string of the molecule is CCN(C)CCNc1nc(N)nc(-n2ccnc2)n1. The Morgan fingerprint density at radius 2 is 2.21 bits per heavy atom. The lowest BCUT2D eigenvalue weighted by molar-refractivity contribution is 0.367. The van der Waals surface area contributed by atoms with Crippen molar-refractivity contribution >= 4 is 11.9 Å². The molecule has 0 radical (unpaired) electrons. The molecular formula is C11H18N8. The Morgan fingerprint density at radius 1 is 1.37 bits per heavy atom. The number of aromatic nitrogens is 5. The molecule has 0 aliphatic heterocycles. The zero-order chi connectivity index (χ0) is 13.7. The highest BCUT2D eigenvalue weighted by atomic mass is 15.3. The first-order chi connectivity index (χ1) is 9.19. The fourth-order valence-electron chi connectivity index (χ4n) is 1.47. The van der Waals surface area contributed by atoms with Crippen LogP contribution in [0.15, 0.2) is 18.7 Å². The van der Waals surface area contributed by atoms with E-state index in [2.05, 4.69) is 44.1 Å². The number of nitrogens with two attached hydrogens (primary N) is 1. The molecule has 3 N–H and O–H groups in total. The van der Waals surface area contributed by atoms with Gasteiger partial charge in [-0.1, -0.05) is 6.92 Å². The molecule has 0 aromatic carbocycles. The van der Waals surface area contributed by atoms with Crippen LogP contribution in [0.1, 0.15) is 6.92 Å². The average molecular weight is 262 g/mol. The van der Waals surface area contributed by atoms with Crippen molar-refractivity contribution in [3.8, 4) is 5.95 Å². The van der Waals surface area contributed by atoms with Crippen molar-refractivity contribution in [1.82, 2.24) is 29.4 Å². The molecule has 102 valence electrons. The maximum atomic E-state index is 5.68. The van der Waals surface area contributed by atoms with Gasteiger partial charge in [0.1, 0.15) is 6.33 Å². The van der Waals surface area contributed by atoms with E-state index in [1.165, 1.54) is 0 Å². The van der Waals surface area contributed by atoms with Gasteiger partial charge in [-0.05, 0) is 13.6 Å². The van der Waals surface area contributed by atoms with Crippen LogP contribution in [0, 0.1) is 0 Å². The Hall–Kier alpha value is -2.22. The van der Waals surface area contributed by atoms with Crippen LogP contribution in [0.4, 0.5) is 11.9 Å². The fourth-order valence-corrected chi connectivity index (χ4v) is 1.47. The summed E-state index contributed by atoms with van der Waals surface area (Å²) in [7, 11) is 2.06.